The molecule has 0 bridgehead atoms. The molecule has 1 amide bonds. The molecule has 7 heteroatoms. The summed E-state index contributed by atoms with van der Waals surface area (Å²) in [5, 5.41) is 2.69. The number of rotatable bonds is 2. The van der Waals surface area contributed by atoms with Crippen molar-refractivity contribution < 1.29 is 13.6 Å². The summed E-state index contributed by atoms with van der Waals surface area (Å²) in [5.74, 6) is -1.69. The lowest BCUT2D eigenvalue weighted by molar-refractivity contribution is 0.0927. The van der Waals surface area contributed by atoms with Crippen molar-refractivity contribution in [3.05, 3.63) is 52.6 Å². The molecule has 2 aromatic rings. The van der Waals surface area contributed by atoms with E-state index in [4.69, 9.17) is 11.6 Å². The quantitative estimate of drug-likeness (QED) is 0.867. The number of nitrogens with one attached hydrogen (secondary N) is 1. The van der Waals surface area contributed by atoms with Crippen molar-refractivity contribution in [3.63, 3.8) is 0 Å². The molecule has 1 atom stereocenters. The van der Waals surface area contributed by atoms with Gasteiger partial charge in [-0.25, -0.2) is 13.8 Å². The highest BCUT2D eigenvalue weighted by atomic mass is 35.5. The van der Waals surface area contributed by atoms with Crippen molar-refractivity contribution in [1.29, 1.82) is 0 Å². The fraction of sp³-hybridized carbons (Fsp3) is 0.286. The number of amides is 1. The zero-order valence-electron chi connectivity index (χ0n) is 10.9. The first-order valence-electron chi connectivity index (χ1n) is 6.50. The fourth-order valence-corrected chi connectivity index (χ4v) is 2.68. The second-order valence-corrected chi connectivity index (χ2v) is 5.36. The summed E-state index contributed by atoms with van der Waals surface area (Å²) >= 11 is 5.79. The number of halogens is 3. The second kappa shape index (κ2) is 5.44. The van der Waals surface area contributed by atoms with Crippen molar-refractivity contribution in [1.82, 2.24) is 14.9 Å². The van der Waals surface area contributed by atoms with Crippen LogP contribution in [0.25, 0.3) is 0 Å². The molecule has 0 unspecified atom stereocenters. The number of aromatic nitrogens is 2. The number of aryl methyl sites for hydroxylation is 1. The van der Waals surface area contributed by atoms with Crippen LogP contribution in [0.4, 0.5) is 8.78 Å². The van der Waals surface area contributed by atoms with Gasteiger partial charge in [0.15, 0.2) is 11.6 Å². The standard InChI is InChI=1S/C14H12ClF2N3O/c15-10-6-12(17)11(16)5-9(10)14(21)19-8-1-2-13-18-3-4-20(13)7-8/h3-6,8H,1-2,7H2,(H,19,21)/t8-/m1/s1. The predicted molar refractivity (Wildman–Crippen MR) is 73.2 cm³/mol. The molecule has 0 radical (unpaired) electrons. The highest BCUT2D eigenvalue weighted by Crippen LogP contribution is 2.21. The first-order chi connectivity index (χ1) is 10.0. The van der Waals surface area contributed by atoms with Crippen LogP contribution >= 0.6 is 11.6 Å². The number of carbonyl (C=O) groups excluding carboxylic acids is 1. The monoisotopic (exact) mass is 311 g/mol. The van der Waals surface area contributed by atoms with E-state index in [-0.39, 0.29) is 16.6 Å². The fourth-order valence-electron chi connectivity index (χ4n) is 2.44. The van der Waals surface area contributed by atoms with Gasteiger partial charge in [0.2, 0.25) is 0 Å². The normalized spacial score (nSPS) is 17.4. The van der Waals surface area contributed by atoms with E-state index in [1.165, 1.54) is 0 Å². The molecule has 21 heavy (non-hydrogen) atoms. The number of imidazole rings is 1. The molecule has 1 aliphatic heterocycles. The third-order valence-electron chi connectivity index (χ3n) is 3.53. The minimum absolute atomic E-state index is 0.0630. The Hall–Kier alpha value is -1.95. The molecule has 4 nitrogen and oxygen atoms in total. The second-order valence-electron chi connectivity index (χ2n) is 4.95. The Kier molecular flexibility index (Phi) is 3.63. The number of fused-ring (bicyclic) bond motifs is 1. The van der Waals surface area contributed by atoms with Crippen molar-refractivity contribution in [2.75, 3.05) is 0 Å². The van der Waals surface area contributed by atoms with E-state index < -0.39 is 17.5 Å². The average molecular weight is 312 g/mol. The van der Waals surface area contributed by atoms with Crippen molar-refractivity contribution in [3.8, 4) is 0 Å². The Balaban J connectivity index is 1.74. The molecule has 1 aromatic heterocycles. The molecule has 2 heterocycles. The number of hydrogen-bond acceptors (Lipinski definition) is 2. The van der Waals surface area contributed by atoms with Gasteiger partial charge in [0, 0.05) is 31.4 Å². The molecule has 3 rings (SSSR count). The average Bonchev–Trinajstić information content (AvgIpc) is 2.90. The van der Waals surface area contributed by atoms with Crippen LogP contribution in [0.2, 0.25) is 5.02 Å². The van der Waals surface area contributed by atoms with E-state index in [1.807, 2.05) is 10.8 Å². The van der Waals surface area contributed by atoms with Gasteiger partial charge in [0.1, 0.15) is 5.82 Å². The van der Waals surface area contributed by atoms with E-state index in [0.29, 0.717) is 6.54 Å². The highest BCUT2D eigenvalue weighted by molar-refractivity contribution is 6.33. The molecule has 0 saturated heterocycles. The van der Waals surface area contributed by atoms with Crippen LogP contribution in [0.3, 0.4) is 0 Å². The van der Waals surface area contributed by atoms with Gasteiger partial charge in [-0.3, -0.25) is 4.79 Å². The van der Waals surface area contributed by atoms with Crippen LogP contribution < -0.4 is 5.32 Å². The smallest absolute Gasteiger partial charge is 0.253 e. The third kappa shape index (κ3) is 2.76. The Labute approximate surface area is 124 Å². The van der Waals surface area contributed by atoms with Gasteiger partial charge in [0.05, 0.1) is 10.6 Å². The van der Waals surface area contributed by atoms with Crippen LogP contribution in [0.5, 0.6) is 0 Å². The Morgan fingerprint density at radius 1 is 1.38 bits per heavy atom. The van der Waals surface area contributed by atoms with Gasteiger partial charge in [0.25, 0.3) is 5.91 Å². The first kappa shape index (κ1) is 14.0. The van der Waals surface area contributed by atoms with Crippen LogP contribution in [-0.4, -0.2) is 21.5 Å². The molecule has 0 fully saturated rings. The summed E-state index contributed by atoms with van der Waals surface area (Å²) < 4.78 is 28.2. The number of benzene rings is 1. The zero-order chi connectivity index (χ0) is 15.0. The van der Waals surface area contributed by atoms with Gasteiger partial charge in [-0.15, -0.1) is 0 Å². The Morgan fingerprint density at radius 2 is 2.14 bits per heavy atom. The molecular formula is C14H12ClF2N3O. The lowest BCUT2D eigenvalue weighted by Gasteiger charge is -2.24. The van der Waals surface area contributed by atoms with Gasteiger partial charge in [-0.05, 0) is 18.6 Å². The molecular weight excluding hydrogens is 300 g/mol. The molecule has 0 saturated carbocycles. The molecule has 110 valence electrons. The van der Waals surface area contributed by atoms with E-state index in [2.05, 4.69) is 10.3 Å². The largest absolute Gasteiger partial charge is 0.347 e. The summed E-state index contributed by atoms with van der Waals surface area (Å²) in [4.78, 5) is 16.3. The van der Waals surface area contributed by atoms with E-state index in [0.717, 1.165) is 30.8 Å². The predicted octanol–water partition coefficient (Wildman–Crippen LogP) is 2.56. The maximum absolute atomic E-state index is 13.2. The Morgan fingerprint density at radius 3 is 2.95 bits per heavy atom. The minimum Gasteiger partial charge on any atom is -0.347 e. The van der Waals surface area contributed by atoms with E-state index in [1.54, 1.807) is 6.20 Å². The number of carbonyl (C=O) groups is 1. The molecule has 1 aliphatic rings. The van der Waals surface area contributed by atoms with Crippen LogP contribution in [0.1, 0.15) is 22.6 Å². The topological polar surface area (TPSA) is 46.9 Å². The molecule has 0 spiro atoms. The third-order valence-corrected chi connectivity index (χ3v) is 3.84. The van der Waals surface area contributed by atoms with Gasteiger partial charge < -0.3 is 9.88 Å². The lowest BCUT2D eigenvalue weighted by atomic mass is 10.1. The molecule has 1 aromatic carbocycles. The number of nitrogens with zero attached hydrogens (tertiary/aromatic N) is 2. The summed E-state index contributed by atoms with van der Waals surface area (Å²) in [6.07, 6.45) is 5.05. The molecule has 1 N–H and O–H groups in total. The minimum atomic E-state index is -1.09. The summed E-state index contributed by atoms with van der Waals surface area (Å²) in [6.45, 7) is 0.600. The first-order valence-corrected chi connectivity index (χ1v) is 6.88. The van der Waals surface area contributed by atoms with Crippen LogP contribution in [0.15, 0.2) is 24.5 Å². The maximum Gasteiger partial charge on any atom is 0.253 e. The summed E-state index contributed by atoms with van der Waals surface area (Å²) in [7, 11) is 0. The van der Waals surface area contributed by atoms with Crippen molar-refractivity contribution in [2.45, 2.75) is 25.4 Å². The maximum atomic E-state index is 13.2. The van der Waals surface area contributed by atoms with E-state index >= 15 is 0 Å². The zero-order valence-corrected chi connectivity index (χ0v) is 11.7. The summed E-state index contributed by atoms with van der Waals surface area (Å²) in [6, 6.07) is 1.53. The van der Waals surface area contributed by atoms with Crippen molar-refractivity contribution in [2.24, 2.45) is 0 Å². The highest BCUT2D eigenvalue weighted by Gasteiger charge is 2.22. The lowest BCUT2D eigenvalue weighted by Crippen LogP contribution is -2.41. The molecule has 0 aliphatic carbocycles. The van der Waals surface area contributed by atoms with Crippen molar-refractivity contribution >= 4 is 17.5 Å². The van der Waals surface area contributed by atoms with Crippen LogP contribution in [0, 0.1) is 11.6 Å². The van der Waals surface area contributed by atoms with Crippen LogP contribution in [-0.2, 0) is 13.0 Å². The van der Waals surface area contributed by atoms with Gasteiger partial charge in [-0.1, -0.05) is 11.6 Å². The van der Waals surface area contributed by atoms with Gasteiger partial charge >= 0.3 is 0 Å². The summed E-state index contributed by atoms with van der Waals surface area (Å²) in [5.41, 5.74) is -0.0630. The number of hydrogen-bond donors (Lipinski definition) is 1. The SMILES string of the molecule is O=C(N[C@@H]1CCc2nccn2C1)c1cc(F)c(F)cc1Cl. The van der Waals surface area contributed by atoms with E-state index in [9.17, 15) is 13.6 Å². The Bertz CT molecular complexity index is 702. The van der Waals surface area contributed by atoms with Gasteiger partial charge in [-0.2, -0.15) is 0 Å².